The summed E-state index contributed by atoms with van der Waals surface area (Å²) < 4.78 is 5.46. The second-order valence-electron chi connectivity index (χ2n) is 3.77. The van der Waals surface area contributed by atoms with Gasteiger partial charge in [-0.05, 0) is 18.4 Å². The van der Waals surface area contributed by atoms with E-state index in [1.807, 2.05) is 12.3 Å². The second-order valence-corrected chi connectivity index (χ2v) is 4.81. The molecule has 2 rings (SSSR count). The molecule has 0 fully saturated rings. The van der Waals surface area contributed by atoms with E-state index in [1.54, 1.807) is 12.1 Å². The number of nitrogens with one attached hydrogen (secondary N) is 1. The molecule has 2 aromatic rings. The van der Waals surface area contributed by atoms with Crippen LogP contribution in [0.3, 0.4) is 0 Å². The maximum Gasteiger partial charge on any atom is 0.266 e. The van der Waals surface area contributed by atoms with Crippen LogP contribution in [-0.4, -0.2) is 27.3 Å². The summed E-state index contributed by atoms with van der Waals surface area (Å²) in [4.78, 5) is 15.4. The first-order valence-corrected chi connectivity index (χ1v) is 7.20. The maximum atomic E-state index is 11.8. The minimum Gasteiger partial charge on any atom is -0.472 e. The standard InChI is InChI=1S/C12H12ClN3O3S/c1-20-10-4-2-3-8(12(17)14-13)9(10)7-19-11-5-6-16(18)15-11/h2-6,18H,7H2,1H3,(H,14,17). The van der Waals surface area contributed by atoms with Crippen LogP contribution in [-0.2, 0) is 6.61 Å². The first-order valence-electron chi connectivity index (χ1n) is 5.60. The normalized spacial score (nSPS) is 10.3. The van der Waals surface area contributed by atoms with E-state index in [9.17, 15) is 4.79 Å². The van der Waals surface area contributed by atoms with Crippen LogP contribution in [0.25, 0.3) is 0 Å². The molecule has 8 heteroatoms. The van der Waals surface area contributed by atoms with E-state index in [2.05, 4.69) is 9.93 Å². The number of rotatable bonds is 5. The minimum absolute atomic E-state index is 0.146. The zero-order chi connectivity index (χ0) is 14.5. The third-order valence-electron chi connectivity index (χ3n) is 2.60. The summed E-state index contributed by atoms with van der Waals surface area (Å²) >= 11 is 6.88. The smallest absolute Gasteiger partial charge is 0.266 e. The van der Waals surface area contributed by atoms with Gasteiger partial charge in [0, 0.05) is 33.9 Å². The van der Waals surface area contributed by atoms with Crippen molar-refractivity contribution in [2.45, 2.75) is 11.5 Å². The molecule has 0 bridgehead atoms. The third kappa shape index (κ3) is 3.17. The molecule has 0 saturated heterocycles. The van der Waals surface area contributed by atoms with Crippen LogP contribution >= 0.6 is 23.5 Å². The van der Waals surface area contributed by atoms with Crippen molar-refractivity contribution in [3.8, 4) is 5.88 Å². The van der Waals surface area contributed by atoms with Crippen molar-refractivity contribution in [1.29, 1.82) is 0 Å². The molecule has 1 amide bonds. The number of carbonyl (C=O) groups excluding carboxylic acids is 1. The predicted octanol–water partition coefficient (Wildman–Crippen LogP) is 2.30. The quantitative estimate of drug-likeness (QED) is 0.503. The Morgan fingerprint density at radius 3 is 2.95 bits per heavy atom. The van der Waals surface area contributed by atoms with Crippen LogP contribution in [0, 0.1) is 0 Å². The molecule has 0 unspecified atom stereocenters. The molecule has 0 saturated carbocycles. The van der Waals surface area contributed by atoms with E-state index >= 15 is 0 Å². The highest BCUT2D eigenvalue weighted by Crippen LogP contribution is 2.25. The average molecular weight is 314 g/mol. The lowest BCUT2D eigenvalue weighted by atomic mass is 10.1. The maximum absolute atomic E-state index is 11.8. The molecule has 106 valence electrons. The van der Waals surface area contributed by atoms with E-state index in [0.29, 0.717) is 16.0 Å². The van der Waals surface area contributed by atoms with Crippen molar-refractivity contribution in [3.05, 3.63) is 41.6 Å². The van der Waals surface area contributed by atoms with Crippen LogP contribution in [0.4, 0.5) is 0 Å². The number of nitrogens with zero attached hydrogens (tertiary/aromatic N) is 2. The Kier molecular flexibility index (Phi) is 4.75. The summed E-state index contributed by atoms with van der Waals surface area (Å²) in [5.74, 6) is -0.130. The summed E-state index contributed by atoms with van der Waals surface area (Å²) in [6, 6.07) is 6.85. The van der Waals surface area contributed by atoms with Crippen molar-refractivity contribution in [3.63, 3.8) is 0 Å². The SMILES string of the molecule is CSc1cccc(C(=O)NCl)c1COc1ccn(O)n1. The number of thioether (sulfide) groups is 1. The van der Waals surface area contributed by atoms with Crippen LogP contribution in [0.1, 0.15) is 15.9 Å². The van der Waals surface area contributed by atoms with Gasteiger partial charge < -0.3 is 9.94 Å². The highest BCUT2D eigenvalue weighted by molar-refractivity contribution is 7.98. The fourth-order valence-electron chi connectivity index (χ4n) is 1.69. The Labute approximate surface area is 124 Å². The van der Waals surface area contributed by atoms with E-state index in [-0.39, 0.29) is 12.5 Å². The Hall–Kier alpha value is -1.86. The molecule has 0 aliphatic rings. The summed E-state index contributed by atoms with van der Waals surface area (Å²) in [7, 11) is 0. The molecular formula is C12H12ClN3O3S. The Morgan fingerprint density at radius 1 is 1.55 bits per heavy atom. The lowest BCUT2D eigenvalue weighted by Crippen LogP contribution is -2.16. The van der Waals surface area contributed by atoms with Crippen molar-refractivity contribution < 1.29 is 14.7 Å². The van der Waals surface area contributed by atoms with Gasteiger partial charge in [-0.3, -0.25) is 9.63 Å². The zero-order valence-electron chi connectivity index (χ0n) is 10.5. The number of ether oxygens (including phenoxy) is 1. The van der Waals surface area contributed by atoms with Crippen molar-refractivity contribution in [2.24, 2.45) is 0 Å². The van der Waals surface area contributed by atoms with Gasteiger partial charge in [0.2, 0.25) is 5.88 Å². The molecule has 0 aliphatic carbocycles. The molecule has 20 heavy (non-hydrogen) atoms. The zero-order valence-corrected chi connectivity index (χ0v) is 12.1. The monoisotopic (exact) mass is 313 g/mol. The molecule has 1 aromatic carbocycles. The van der Waals surface area contributed by atoms with Crippen molar-refractivity contribution in [1.82, 2.24) is 14.8 Å². The number of amides is 1. The van der Waals surface area contributed by atoms with Gasteiger partial charge in [0.15, 0.2) is 0 Å². The topological polar surface area (TPSA) is 76.4 Å². The molecule has 0 radical (unpaired) electrons. The number of hydrogen-bond donors (Lipinski definition) is 2. The van der Waals surface area contributed by atoms with Crippen molar-refractivity contribution in [2.75, 3.05) is 6.26 Å². The number of aromatic nitrogens is 2. The highest BCUT2D eigenvalue weighted by atomic mass is 35.5. The summed E-state index contributed by atoms with van der Waals surface area (Å²) in [5.41, 5.74) is 1.15. The van der Waals surface area contributed by atoms with Crippen LogP contribution in [0.5, 0.6) is 5.88 Å². The highest BCUT2D eigenvalue weighted by Gasteiger charge is 2.15. The predicted molar refractivity (Wildman–Crippen MR) is 75.3 cm³/mol. The van der Waals surface area contributed by atoms with Crippen molar-refractivity contribution >= 4 is 29.4 Å². The van der Waals surface area contributed by atoms with Crippen LogP contribution in [0.2, 0.25) is 0 Å². The van der Waals surface area contributed by atoms with E-state index in [1.165, 1.54) is 24.0 Å². The molecule has 0 aliphatic heterocycles. The molecule has 2 N–H and O–H groups in total. The summed E-state index contributed by atoms with van der Waals surface area (Å²) in [6.45, 7) is 0.146. The second kappa shape index (κ2) is 6.53. The van der Waals surface area contributed by atoms with Gasteiger partial charge >= 0.3 is 0 Å². The largest absolute Gasteiger partial charge is 0.472 e. The first-order chi connectivity index (χ1) is 9.65. The van der Waals surface area contributed by atoms with Gasteiger partial charge in [-0.1, -0.05) is 11.2 Å². The van der Waals surface area contributed by atoms with Crippen LogP contribution in [0.15, 0.2) is 35.4 Å². The molecule has 0 spiro atoms. The fraction of sp³-hybridized carbons (Fsp3) is 0.167. The third-order valence-corrected chi connectivity index (χ3v) is 3.59. The Morgan fingerprint density at radius 2 is 2.35 bits per heavy atom. The Balaban J connectivity index is 2.26. The van der Waals surface area contributed by atoms with Gasteiger partial charge in [-0.15, -0.1) is 16.6 Å². The number of halogens is 1. The van der Waals surface area contributed by atoms with Gasteiger partial charge in [0.05, 0.1) is 6.20 Å². The van der Waals surface area contributed by atoms with Gasteiger partial charge in [-0.2, -0.15) is 0 Å². The number of carbonyl (C=O) groups is 1. The minimum atomic E-state index is -0.395. The average Bonchev–Trinajstić information content (AvgIpc) is 2.89. The molecule has 6 nitrogen and oxygen atoms in total. The molecule has 0 atom stereocenters. The first kappa shape index (κ1) is 14.5. The lowest BCUT2D eigenvalue weighted by Gasteiger charge is -2.12. The van der Waals surface area contributed by atoms with E-state index in [0.717, 1.165) is 4.90 Å². The number of hydrogen-bond acceptors (Lipinski definition) is 5. The molecule has 1 aromatic heterocycles. The number of benzene rings is 1. The molecular weight excluding hydrogens is 302 g/mol. The summed E-state index contributed by atoms with van der Waals surface area (Å²) in [5, 5.41) is 12.8. The van der Waals surface area contributed by atoms with E-state index < -0.39 is 5.91 Å². The van der Waals surface area contributed by atoms with Gasteiger partial charge in [-0.25, -0.2) is 0 Å². The lowest BCUT2D eigenvalue weighted by molar-refractivity contribution is 0.0978. The van der Waals surface area contributed by atoms with Gasteiger partial charge in [0.1, 0.15) is 6.61 Å². The molecule has 1 heterocycles. The van der Waals surface area contributed by atoms with Crippen LogP contribution < -0.4 is 9.57 Å². The summed E-state index contributed by atoms with van der Waals surface area (Å²) in [6.07, 6.45) is 3.26. The Bertz CT molecular complexity index is 618. The van der Waals surface area contributed by atoms with E-state index in [4.69, 9.17) is 21.7 Å². The fourth-order valence-corrected chi connectivity index (χ4v) is 2.42. The van der Waals surface area contributed by atoms with Gasteiger partial charge in [0.25, 0.3) is 5.91 Å².